The Morgan fingerprint density at radius 2 is 0.671 bits per heavy atom. The molecule has 0 aromatic heterocycles. The molecule has 0 rings (SSSR count). The zero-order valence-corrected chi connectivity index (χ0v) is 56.3. The van der Waals surface area contributed by atoms with Crippen molar-refractivity contribution in [3.05, 3.63) is 85.1 Å². The molecule has 0 bridgehead atoms. The number of rotatable bonds is 66. The Labute approximate surface area is 525 Å². The molecule has 492 valence electrons. The first kappa shape index (κ1) is 81.5. The Morgan fingerprint density at radius 3 is 1.01 bits per heavy atom. The fourth-order valence-corrected chi connectivity index (χ4v) is 10.2. The third-order valence-electron chi connectivity index (χ3n) is 15.6. The molecule has 0 aromatic rings. The van der Waals surface area contributed by atoms with Gasteiger partial charge in [0.05, 0.1) is 34.4 Å². The van der Waals surface area contributed by atoms with Gasteiger partial charge in [-0.2, -0.15) is 0 Å². The lowest BCUT2D eigenvalue weighted by atomic mass is 10.0. The van der Waals surface area contributed by atoms with E-state index in [1.54, 1.807) is 0 Å². The Kier molecular flexibility index (Phi) is 63.7. The van der Waals surface area contributed by atoms with Crippen molar-refractivity contribution in [2.75, 3.05) is 47.5 Å². The maximum Gasteiger partial charge on any atom is 0.361 e. The third kappa shape index (κ3) is 67.8. The summed E-state index contributed by atoms with van der Waals surface area (Å²) in [4.78, 5) is 37.6. The number of ether oxygens (including phenoxy) is 4. The normalized spacial score (nSPS) is 13.2. The molecule has 9 nitrogen and oxygen atoms in total. The summed E-state index contributed by atoms with van der Waals surface area (Å²) >= 11 is 0. The Balaban J connectivity index is 4.10. The van der Waals surface area contributed by atoms with Gasteiger partial charge < -0.3 is 28.5 Å². The summed E-state index contributed by atoms with van der Waals surface area (Å²) in [6.07, 6.45) is 87.0. The topological polar surface area (TPSA) is 108 Å². The summed E-state index contributed by atoms with van der Waals surface area (Å²) in [5.41, 5.74) is 0. The smallest absolute Gasteiger partial charge is 0.361 e. The minimum Gasteiger partial charge on any atom is -0.477 e. The van der Waals surface area contributed by atoms with E-state index in [2.05, 4.69) is 98.9 Å². The maximum absolute atomic E-state index is 12.9. The molecule has 85 heavy (non-hydrogen) atoms. The highest BCUT2D eigenvalue weighted by molar-refractivity contribution is 5.71. The molecular weight excluding hydrogens is 1050 g/mol. The van der Waals surface area contributed by atoms with Gasteiger partial charge in [-0.15, -0.1) is 0 Å². The SMILES string of the molecule is CC/C=C\C/C=C\C/C=C\C/C=C\C/C=C\C/C=C\CCCCCCCCCCCCC(=O)OC(COC(=O)CCCCCCCCCCCCCCCCCCCCC/C=C\CCCCCCCCCC)COC(OCC[N+](C)(C)C)C(=O)O. The van der Waals surface area contributed by atoms with Crippen LogP contribution in [0.25, 0.3) is 0 Å². The van der Waals surface area contributed by atoms with E-state index >= 15 is 0 Å². The highest BCUT2D eigenvalue weighted by atomic mass is 16.7. The van der Waals surface area contributed by atoms with E-state index < -0.39 is 24.3 Å². The van der Waals surface area contributed by atoms with Crippen LogP contribution in [0.1, 0.15) is 322 Å². The second-order valence-corrected chi connectivity index (χ2v) is 25.2. The first-order valence-corrected chi connectivity index (χ1v) is 35.8. The lowest BCUT2D eigenvalue weighted by molar-refractivity contribution is -0.870. The third-order valence-corrected chi connectivity index (χ3v) is 15.6. The van der Waals surface area contributed by atoms with Gasteiger partial charge in [0.2, 0.25) is 0 Å². The molecule has 2 atom stereocenters. The molecule has 0 aliphatic heterocycles. The van der Waals surface area contributed by atoms with Crippen LogP contribution in [-0.2, 0) is 33.3 Å². The average molecular weight is 1190 g/mol. The quantitative estimate of drug-likeness (QED) is 0.0211. The first-order valence-electron chi connectivity index (χ1n) is 35.8. The van der Waals surface area contributed by atoms with E-state index in [-0.39, 0.29) is 32.2 Å². The summed E-state index contributed by atoms with van der Waals surface area (Å²) in [6, 6.07) is 0. The highest BCUT2D eigenvalue weighted by Gasteiger charge is 2.25. The van der Waals surface area contributed by atoms with Crippen LogP contribution in [0.3, 0.4) is 0 Å². The van der Waals surface area contributed by atoms with Crippen molar-refractivity contribution in [3.63, 3.8) is 0 Å². The number of likely N-dealkylation sites (N-methyl/N-ethyl adjacent to an activating group) is 1. The van der Waals surface area contributed by atoms with Crippen LogP contribution in [0.2, 0.25) is 0 Å². The fraction of sp³-hybridized carbons (Fsp3) is 0.776. The van der Waals surface area contributed by atoms with E-state index in [4.69, 9.17) is 18.9 Å². The number of carboxylic acid groups (broad SMARTS) is 1. The predicted molar refractivity (Wildman–Crippen MR) is 364 cm³/mol. The molecule has 1 N–H and O–H groups in total. The number of quaternary nitrogens is 1. The van der Waals surface area contributed by atoms with E-state index in [9.17, 15) is 19.5 Å². The van der Waals surface area contributed by atoms with Crippen LogP contribution in [0.15, 0.2) is 85.1 Å². The number of unbranched alkanes of at least 4 members (excludes halogenated alkanes) is 37. The molecule has 0 heterocycles. The maximum atomic E-state index is 12.9. The van der Waals surface area contributed by atoms with E-state index in [0.29, 0.717) is 23.9 Å². The van der Waals surface area contributed by atoms with Crippen LogP contribution in [0.5, 0.6) is 0 Å². The zero-order chi connectivity index (χ0) is 61.9. The Bertz CT molecular complexity index is 1670. The highest BCUT2D eigenvalue weighted by Crippen LogP contribution is 2.18. The molecule has 0 saturated carbocycles. The molecule has 0 spiro atoms. The van der Waals surface area contributed by atoms with Crippen molar-refractivity contribution in [1.82, 2.24) is 0 Å². The monoisotopic (exact) mass is 1190 g/mol. The summed E-state index contributed by atoms with van der Waals surface area (Å²) in [5.74, 6) is -2.00. The number of hydrogen-bond donors (Lipinski definition) is 1. The number of nitrogens with zero attached hydrogens (tertiary/aromatic N) is 1. The van der Waals surface area contributed by atoms with E-state index in [1.165, 1.54) is 205 Å². The van der Waals surface area contributed by atoms with Crippen molar-refractivity contribution in [2.45, 2.75) is 334 Å². The lowest BCUT2D eigenvalue weighted by Gasteiger charge is -2.25. The van der Waals surface area contributed by atoms with Crippen LogP contribution in [0, 0.1) is 0 Å². The van der Waals surface area contributed by atoms with Gasteiger partial charge in [0.25, 0.3) is 6.29 Å². The molecule has 0 aliphatic rings. The Hall–Kier alpha value is -3.53. The van der Waals surface area contributed by atoms with Gasteiger partial charge in [-0.25, -0.2) is 4.79 Å². The lowest BCUT2D eigenvalue weighted by Crippen LogP contribution is -2.40. The van der Waals surface area contributed by atoms with Gasteiger partial charge in [0.1, 0.15) is 13.2 Å². The number of allylic oxidation sites excluding steroid dienone is 14. The van der Waals surface area contributed by atoms with Crippen molar-refractivity contribution in [1.29, 1.82) is 0 Å². The van der Waals surface area contributed by atoms with Gasteiger partial charge in [-0.05, 0) is 89.9 Å². The Morgan fingerprint density at radius 1 is 0.365 bits per heavy atom. The van der Waals surface area contributed by atoms with Crippen molar-refractivity contribution in [2.24, 2.45) is 0 Å². The van der Waals surface area contributed by atoms with Gasteiger partial charge in [-0.3, -0.25) is 9.59 Å². The predicted octanol–water partition coefficient (Wildman–Crippen LogP) is 22.2. The first-order chi connectivity index (χ1) is 41.6. The molecule has 0 aliphatic carbocycles. The molecule has 0 aromatic carbocycles. The fourth-order valence-electron chi connectivity index (χ4n) is 10.2. The van der Waals surface area contributed by atoms with Crippen molar-refractivity contribution in [3.8, 4) is 0 Å². The van der Waals surface area contributed by atoms with E-state index in [1.807, 2.05) is 21.1 Å². The van der Waals surface area contributed by atoms with Gasteiger partial charge >= 0.3 is 17.9 Å². The van der Waals surface area contributed by atoms with Gasteiger partial charge in [0.15, 0.2) is 6.10 Å². The number of carbonyl (C=O) groups excluding carboxylic acids is 2. The minimum absolute atomic E-state index is 0.184. The molecule has 0 amide bonds. The zero-order valence-electron chi connectivity index (χ0n) is 56.3. The number of esters is 2. The molecule has 0 saturated heterocycles. The number of aliphatic carboxylic acids is 1. The summed E-state index contributed by atoms with van der Waals surface area (Å²) < 4.78 is 23.0. The second kappa shape index (κ2) is 66.4. The molecular formula is C76H136NO8+. The van der Waals surface area contributed by atoms with Crippen molar-refractivity contribution >= 4 is 17.9 Å². The number of carbonyl (C=O) groups is 3. The standard InChI is InChI=1S/C76H135NO8/c1-6-8-10-12-14-16-18-20-22-24-26-28-30-32-34-36-37-39-40-42-44-46-48-50-52-54-56-58-60-62-64-66-73(78)83-70-72(71-84-76(75(80)81)82-69-68-77(3,4)5)85-74(79)67-65-63-61-59-57-55-53-51-49-47-45-43-41-38-35-33-31-29-27-25-23-21-19-17-15-13-11-9-7-2/h9,11,15,17,21,23-24,26-27,29,33,35,41,43,72,76H,6-8,10,12-14,16,18-20,22,25,28,30-32,34,36-40,42,44-71H2,1-5H3/p+1/b11-9-,17-15-,23-21-,26-24-,29-27-,35-33-,43-41-. The number of carboxylic acids is 1. The molecule has 9 heteroatoms. The second-order valence-electron chi connectivity index (χ2n) is 25.2. The number of hydrogen-bond acceptors (Lipinski definition) is 7. The molecule has 0 fully saturated rings. The van der Waals surface area contributed by atoms with Crippen LogP contribution < -0.4 is 0 Å². The summed E-state index contributed by atoms with van der Waals surface area (Å²) in [6.45, 7) is 4.80. The van der Waals surface area contributed by atoms with E-state index in [0.717, 1.165) is 83.5 Å². The average Bonchev–Trinajstić information content (AvgIpc) is 3.48. The van der Waals surface area contributed by atoms with Crippen LogP contribution >= 0.6 is 0 Å². The molecule has 2 unspecified atom stereocenters. The van der Waals surface area contributed by atoms with Gasteiger partial charge in [0, 0.05) is 12.8 Å². The van der Waals surface area contributed by atoms with Crippen LogP contribution in [0.4, 0.5) is 0 Å². The largest absolute Gasteiger partial charge is 0.477 e. The molecule has 0 radical (unpaired) electrons. The van der Waals surface area contributed by atoms with Crippen molar-refractivity contribution < 1.29 is 42.9 Å². The van der Waals surface area contributed by atoms with Crippen LogP contribution in [-0.4, -0.2) is 87.4 Å². The van der Waals surface area contributed by atoms with Gasteiger partial charge in [-0.1, -0.05) is 304 Å². The summed E-state index contributed by atoms with van der Waals surface area (Å²) in [5, 5.41) is 9.75. The minimum atomic E-state index is -1.52. The summed E-state index contributed by atoms with van der Waals surface area (Å²) in [7, 11) is 5.98.